The summed E-state index contributed by atoms with van der Waals surface area (Å²) in [4.78, 5) is 9.08. The molecule has 0 radical (unpaired) electrons. The zero-order valence-corrected chi connectivity index (χ0v) is 13.8. The van der Waals surface area contributed by atoms with E-state index in [2.05, 4.69) is 44.2 Å². The van der Waals surface area contributed by atoms with Crippen molar-refractivity contribution in [2.45, 2.75) is 59.4 Å². The molecule has 2 aromatic rings. The average Bonchev–Trinajstić information content (AvgIpc) is 2.74. The van der Waals surface area contributed by atoms with E-state index >= 15 is 0 Å². The molecule has 2 heterocycles. The van der Waals surface area contributed by atoms with Gasteiger partial charge < -0.3 is 10.3 Å². The van der Waals surface area contributed by atoms with E-state index in [1.54, 1.807) is 6.20 Å². The lowest BCUT2D eigenvalue weighted by molar-refractivity contribution is 0.491. The minimum atomic E-state index is -0.0315. The Morgan fingerprint density at radius 3 is 2.57 bits per heavy atom. The van der Waals surface area contributed by atoms with Gasteiger partial charge in [0, 0.05) is 29.9 Å². The summed E-state index contributed by atoms with van der Waals surface area (Å²) in [5.74, 6) is 1.80. The first-order valence-corrected chi connectivity index (χ1v) is 7.63. The van der Waals surface area contributed by atoms with Crippen molar-refractivity contribution >= 4 is 5.82 Å². The van der Waals surface area contributed by atoms with Crippen LogP contribution in [0.4, 0.5) is 5.82 Å². The summed E-state index contributed by atoms with van der Waals surface area (Å²) >= 11 is 0. The first-order valence-electron chi connectivity index (χ1n) is 7.63. The van der Waals surface area contributed by atoms with Crippen molar-refractivity contribution in [3.8, 4) is 11.3 Å². The van der Waals surface area contributed by atoms with E-state index in [-0.39, 0.29) is 5.41 Å². The molecule has 2 rings (SSSR count). The van der Waals surface area contributed by atoms with Crippen molar-refractivity contribution in [1.29, 1.82) is 0 Å². The van der Waals surface area contributed by atoms with Gasteiger partial charge in [-0.25, -0.2) is 4.98 Å². The van der Waals surface area contributed by atoms with E-state index < -0.39 is 0 Å². The predicted molar refractivity (Wildman–Crippen MR) is 88.2 cm³/mol. The lowest BCUT2D eigenvalue weighted by atomic mass is 9.95. The minimum Gasteiger partial charge on any atom is -0.383 e. The number of hydrogen-bond acceptors (Lipinski definition) is 3. The molecule has 0 fully saturated rings. The monoisotopic (exact) mass is 286 g/mol. The Hall–Kier alpha value is -1.84. The molecule has 0 spiro atoms. The quantitative estimate of drug-likeness (QED) is 0.926. The first-order chi connectivity index (χ1) is 9.86. The maximum Gasteiger partial charge on any atom is 0.131 e. The second-order valence-electron chi connectivity index (χ2n) is 6.62. The Morgan fingerprint density at radius 2 is 2.00 bits per heavy atom. The van der Waals surface area contributed by atoms with E-state index in [1.807, 2.05) is 12.3 Å². The summed E-state index contributed by atoms with van der Waals surface area (Å²) in [5, 5.41) is 0. The lowest BCUT2D eigenvalue weighted by Gasteiger charge is -2.20. The van der Waals surface area contributed by atoms with Crippen LogP contribution >= 0.6 is 0 Å². The third kappa shape index (κ3) is 3.09. The van der Waals surface area contributed by atoms with Crippen LogP contribution in [0.25, 0.3) is 11.3 Å². The van der Waals surface area contributed by atoms with Crippen molar-refractivity contribution in [3.05, 3.63) is 29.8 Å². The van der Waals surface area contributed by atoms with Gasteiger partial charge in [-0.05, 0) is 25.0 Å². The molecular weight excluding hydrogens is 260 g/mol. The molecule has 0 saturated heterocycles. The van der Waals surface area contributed by atoms with Gasteiger partial charge in [-0.1, -0.05) is 34.1 Å². The summed E-state index contributed by atoms with van der Waals surface area (Å²) in [5.41, 5.74) is 9.42. The normalized spacial score (nSPS) is 11.9. The van der Waals surface area contributed by atoms with Gasteiger partial charge in [-0.3, -0.25) is 4.98 Å². The molecule has 0 saturated carbocycles. The summed E-state index contributed by atoms with van der Waals surface area (Å²) < 4.78 is 2.17. The summed E-state index contributed by atoms with van der Waals surface area (Å²) in [6, 6.07) is 2.00. The Balaban J connectivity index is 2.59. The zero-order valence-electron chi connectivity index (χ0n) is 13.8. The lowest BCUT2D eigenvalue weighted by Crippen LogP contribution is -2.20. The minimum absolute atomic E-state index is 0.0315. The van der Waals surface area contributed by atoms with Crippen LogP contribution in [0.3, 0.4) is 0 Å². The van der Waals surface area contributed by atoms with E-state index in [9.17, 15) is 0 Å². The Kier molecular flexibility index (Phi) is 4.35. The molecule has 0 amide bonds. The van der Waals surface area contributed by atoms with Crippen molar-refractivity contribution in [3.63, 3.8) is 0 Å². The van der Waals surface area contributed by atoms with Gasteiger partial charge in [0.2, 0.25) is 0 Å². The van der Waals surface area contributed by atoms with Gasteiger partial charge in [0.1, 0.15) is 17.3 Å². The molecule has 0 atom stereocenters. The fraction of sp³-hybridized carbons (Fsp3) is 0.529. The number of aromatic nitrogens is 3. The molecule has 4 heteroatoms. The van der Waals surface area contributed by atoms with Crippen LogP contribution < -0.4 is 5.73 Å². The molecule has 0 aromatic carbocycles. The van der Waals surface area contributed by atoms with Crippen molar-refractivity contribution in [2.24, 2.45) is 0 Å². The number of rotatable bonds is 4. The van der Waals surface area contributed by atoms with Crippen LogP contribution in [0, 0.1) is 6.92 Å². The number of hydrogen-bond donors (Lipinski definition) is 1. The van der Waals surface area contributed by atoms with Crippen LogP contribution in [0.5, 0.6) is 0 Å². The average molecular weight is 286 g/mol. The number of aryl methyl sites for hydroxylation is 1. The van der Waals surface area contributed by atoms with Gasteiger partial charge in [-0.15, -0.1) is 0 Å². The molecule has 0 aliphatic heterocycles. The molecule has 0 aliphatic carbocycles. The fourth-order valence-corrected chi connectivity index (χ4v) is 2.49. The number of nitrogens with two attached hydrogens (primary N) is 1. The van der Waals surface area contributed by atoms with Gasteiger partial charge in [-0.2, -0.15) is 0 Å². The predicted octanol–water partition coefficient (Wildman–Crippen LogP) is 3.93. The topological polar surface area (TPSA) is 56.7 Å². The standard InChI is InChI=1S/C17H26N4/c1-6-7-10-21-15(18)14(20-16(21)17(3,4)5)13-11-19-9-8-12(13)2/h8-9,11H,6-7,10,18H2,1-5H3. The van der Waals surface area contributed by atoms with Gasteiger partial charge in [0.15, 0.2) is 0 Å². The van der Waals surface area contributed by atoms with E-state index in [0.717, 1.165) is 47.8 Å². The number of nitrogens with zero attached hydrogens (tertiary/aromatic N) is 3. The largest absolute Gasteiger partial charge is 0.383 e. The van der Waals surface area contributed by atoms with Gasteiger partial charge in [0.25, 0.3) is 0 Å². The Morgan fingerprint density at radius 1 is 1.29 bits per heavy atom. The van der Waals surface area contributed by atoms with E-state index in [4.69, 9.17) is 10.7 Å². The highest BCUT2D eigenvalue weighted by molar-refractivity contribution is 5.73. The second kappa shape index (κ2) is 5.88. The molecular formula is C17H26N4. The highest BCUT2D eigenvalue weighted by Gasteiger charge is 2.25. The maximum absolute atomic E-state index is 6.42. The Labute approximate surface area is 127 Å². The summed E-state index contributed by atoms with van der Waals surface area (Å²) in [6.45, 7) is 11.7. The number of nitrogen functional groups attached to an aromatic ring is 1. The highest BCUT2D eigenvalue weighted by atomic mass is 15.2. The maximum atomic E-state index is 6.42. The molecule has 0 bridgehead atoms. The van der Waals surface area contributed by atoms with Crippen LogP contribution in [0.2, 0.25) is 0 Å². The van der Waals surface area contributed by atoms with Gasteiger partial charge >= 0.3 is 0 Å². The van der Waals surface area contributed by atoms with Crippen molar-refractivity contribution < 1.29 is 0 Å². The third-order valence-corrected chi connectivity index (χ3v) is 3.71. The van der Waals surface area contributed by atoms with E-state index in [0.29, 0.717) is 0 Å². The molecule has 114 valence electrons. The number of unbranched alkanes of at least 4 members (excludes halogenated alkanes) is 1. The molecule has 0 aliphatic rings. The summed E-state index contributed by atoms with van der Waals surface area (Å²) in [7, 11) is 0. The molecule has 2 aromatic heterocycles. The molecule has 4 nitrogen and oxygen atoms in total. The van der Waals surface area contributed by atoms with Crippen molar-refractivity contribution in [2.75, 3.05) is 5.73 Å². The van der Waals surface area contributed by atoms with Crippen LogP contribution in [0.15, 0.2) is 18.5 Å². The van der Waals surface area contributed by atoms with Gasteiger partial charge in [0.05, 0.1) is 0 Å². The Bertz CT molecular complexity index is 620. The smallest absolute Gasteiger partial charge is 0.131 e. The fourth-order valence-electron chi connectivity index (χ4n) is 2.49. The number of imidazole rings is 1. The third-order valence-electron chi connectivity index (χ3n) is 3.71. The van der Waals surface area contributed by atoms with Crippen LogP contribution in [-0.2, 0) is 12.0 Å². The van der Waals surface area contributed by atoms with Crippen LogP contribution in [-0.4, -0.2) is 14.5 Å². The van der Waals surface area contributed by atoms with Crippen molar-refractivity contribution in [1.82, 2.24) is 14.5 Å². The first kappa shape index (κ1) is 15.5. The molecule has 2 N–H and O–H groups in total. The highest BCUT2D eigenvalue weighted by Crippen LogP contribution is 2.33. The number of pyridine rings is 1. The zero-order chi connectivity index (χ0) is 15.6. The molecule has 21 heavy (non-hydrogen) atoms. The number of anilines is 1. The second-order valence-corrected chi connectivity index (χ2v) is 6.62. The SMILES string of the molecule is CCCCn1c(C(C)(C)C)nc(-c2cnccc2C)c1N. The van der Waals surface area contributed by atoms with Crippen LogP contribution in [0.1, 0.15) is 51.9 Å². The molecule has 0 unspecified atom stereocenters. The summed E-state index contributed by atoms with van der Waals surface area (Å²) in [6.07, 6.45) is 5.90. The van der Waals surface area contributed by atoms with E-state index in [1.165, 1.54) is 0 Å².